The van der Waals surface area contributed by atoms with Gasteiger partial charge in [-0.15, -0.1) is 0 Å². The van der Waals surface area contributed by atoms with Crippen molar-refractivity contribution in [1.82, 2.24) is 0 Å². The van der Waals surface area contributed by atoms with Crippen LogP contribution in [0.5, 0.6) is 0 Å². The minimum absolute atomic E-state index is 0. The minimum Gasteiger partial charge on any atom is -0.0671 e. The van der Waals surface area contributed by atoms with Crippen LogP contribution in [0.25, 0.3) is 21.5 Å². The summed E-state index contributed by atoms with van der Waals surface area (Å²) in [6, 6.07) is 0. The van der Waals surface area contributed by atoms with Gasteiger partial charge in [-0.25, -0.2) is 0 Å². The molecule has 3 rings (SSSR count). The zero-order valence-electron chi connectivity index (χ0n) is 18.9. The molecule has 0 amide bonds. The molecular formula is C25H33ReSi. The largest absolute Gasteiger partial charge is 0.0799 e. The molecule has 0 spiro atoms. The number of benzene rings is 3. The Labute approximate surface area is 181 Å². The molecule has 0 nitrogen and oxygen atoms in total. The summed E-state index contributed by atoms with van der Waals surface area (Å²) in [6.45, 7) is 25.8. The third-order valence-corrected chi connectivity index (χ3v) is 8.75. The van der Waals surface area contributed by atoms with Crippen LogP contribution < -0.4 is 5.19 Å². The molecule has 3 aromatic carbocycles. The molecule has 2 heteroatoms. The van der Waals surface area contributed by atoms with Crippen molar-refractivity contribution in [2.75, 3.05) is 0 Å². The molecule has 0 aliphatic carbocycles. The number of rotatable bonds is 1. The Bertz CT molecular complexity index is 1090. The van der Waals surface area contributed by atoms with E-state index in [-0.39, 0.29) is 20.4 Å². The monoisotopic (exact) mass is 548 g/mol. The van der Waals surface area contributed by atoms with Gasteiger partial charge in [-0.05, 0) is 134 Å². The van der Waals surface area contributed by atoms with Crippen LogP contribution in [0, 0.1) is 62.3 Å². The van der Waals surface area contributed by atoms with E-state index in [1.54, 1.807) is 5.19 Å². The molecule has 0 aromatic heterocycles. The Morgan fingerprint density at radius 2 is 0.667 bits per heavy atom. The number of aryl methyl sites for hydroxylation is 6. The molecule has 0 bridgehead atoms. The smallest absolute Gasteiger partial charge is 0.0671 e. The van der Waals surface area contributed by atoms with Gasteiger partial charge in [0.2, 0.25) is 0 Å². The summed E-state index contributed by atoms with van der Waals surface area (Å²) in [5.41, 5.74) is 13.3. The van der Waals surface area contributed by atoms with Gasteiger partial charge in [-0.1, -0.05) is 18.3 Å². The van der Waals surface area contributed by atoms with Crippen LogP contribution in [0.2, 0.25) is 13.1 Å². The number of hydrogen-bond donors (Lipinski definition) is 0. The number of hydrogen-bond acceptors (Lipinski definition) is 0. The van der Waals surface area contributed by atoms with E-state index in [9.17, 15) is 0 Å². The van der Waals surface area contributed by atoms with Gasteiger partial charge in [-0.3, -0.25) is 0 Å². The first-order valence-corrected chi connectivity index (χ1v) is 12.2. The predicted octanol–water partition coefficient (Wildman–Crippen LogP) is 6.73. The van der Waals surface area contributed by atoms with Crippen molar-refractivity contribution in [1.29, 1.82) is 0 Å². The van der Waals surface area contributed by atoms with Crippen molar-refractivity contribution >= 4 is 35.5 Å². The summed E-state index contributed by atoms with van der Waals surface area (Å²) in [6.07, 6.45) is 0. The van der Waals surface area contributed by atoms with E-state index in [0.717, 1.165) is 0 Å². The minimum atomic E-state index is -0.499. The topological polar surface area (TPSA) is 0 Å². The van der Waals surface area contributed by atoms with Crippen molar-refractivity contribution in [2.24, 2.45) is 0 Å². The first-order chi connectivity index (χ1) is 12.0. The van der Waals surface area contributed by atoms with Gasteiger partial charge in [0.15, 0.2) is 0 Å². The maximum Gasteiger partial charge on any atom is 0.0799 e. The maximum absolute atomic E-state index is 2.43. The molecule has 0 aliphatic rings. The zero-order valence-corrected chi connectivity index (χ0v) is 22.6. The van der Waals surface area contributed by atoms with Crippen LogP contribution in [0.1, 0.15) is 50.1 Å². The van der Waals surface area contributed by atoms with Gasteiger partial charge >= 0.3 is 0 Å². The van der Waals surface area contributed by atoms with Crippen LogP contribution in [0.15, 0.2) is 0 Å². The SMILES string of the molecule is Cc1c(C)c(C)c2c(C)c3c(C)c([Si](C)C)c(C)c(C)c3c(C)c2c1C.[Re]. The molecule has 0 N–H and O–H groups in total. The van der Waals surface area contributed by atoms with Gasteiger partial charge < -0.3 is 0 Å². The molecule has 0 atom stereocenters. The fraction of sp³-hybridized carbons (Fsp3) is 0.440. The maximum atomic E-state index is 2.43. The fourth-order valence-electron chi connectivity index (χ4n) is 5.34. The van der Waals surface area contributed by atoms with E-state index in [1.807, 2.05) is 0 Å². The fourth-order valence-corrected chi connectivity index (χ4v) is 7.16. The van der Waals surface area contributed by atoms with Gasteiger partial charge in [0.05, 0.1) is 8.80 Å². The average molecular weight is 548 g/mol. The summed E-state index contributed by atoms with van der Waals surface area (Å²) < 4.78 is 0. The molecule has 0 aliphatic heterocycles. The van der Waals surface area contributed by atoms with Crippen LogP contribution in [-0.2, 0) is 20.4 Å². The second-order valence-electron chi connectivity index (χ2n) is 8.50. The molecule has 27 heavy (non-hydrogen) atoms. The zero-order chi connectivity index (χ0) is 19.7. The van der Waals surface area contributed by atoms with Crippen molar-refractivity contribution in [3.8, 4) is 0 Å². The van der Waals surface area contributed by atoms with E-state index in [4.69, 9.17) is 0 Å². The molecule has 144 valence electrons. The van der Waals surface area contributed by atoms with Crippen molar-refractivity contribution in [2.45, 2.75) is 75.4 Å². The Hall–Kier alpha value is -0.941. The standard InChI is InChI=1S/C25H33Si.Re/c1-12-13(2)15(4)22-19(8)24-20(9)25(26(10)11)17(6)16(5)23(24)18(7)21(22)14(12)3;/h1-11H3;. The van der Waals surface area contributed by atoms with Crippen LogP contribution in [0.4, 0.5) is 0 Å². The quantitative estimate of drug-likeness (QED) is 0.234. The Kier molecular flexibility index (Phi) is 6.19. The first-order valence-electron chi connectivity index (χ1n) is 9.75. The van der Waals surface area contributed by atoms with E-state index in [0.29, 0.717) is 0 Å². The van der Waals surface area contributed by atoms with Gasteiger partial charge in [0.1, 0.15) is 0 Å². The Morgan fingerprint density at radius 3 is 1.00 bits per heavy atom. The molecule has 0 fully saturated rings. The average Bonchev–Trinajstić information content (AvgIpc) is 2.57. The summed E-state index contributed by atoms with van der Waals surface area (Å²) in [4.78, 5) is 0. The number of fused-ring (bicyclic) bond motifs is 2. The first kappa shape index (κ1) is 22.3. The Balaban J connectivity index is 0.00000261. The molecule has 3 aromatic rings. The van der Waals surface area contributed by atoms with E-state index >= 15 is 0 Å². The molecular weight excluding hydrogens is 515 g/mol. The third kappa shape index (κ3) is 2.96. The van der Waals surface area contributed by atoms with Crippen molar-refractivity contribution in [3.05, 3.63) is 50.1 Å². The van der Waals surface area contributed by atoms with Gasteiger partial charge in [0, 0.05) is 20.4 Å². The molecule has 2 radical (unpaired) electrons. The second-order valence-corrected chi connectivity index (χ2v) is 11.0. The molecule has 0 heterocycles. The predicted molar refractivity (Wildman–Crippen MR) is 121 cm³/mol. The van der Waals surface area contributed by atoms with E-state index < -0.39 is 8.80 Å². The van der Waals surface area contributed by atoms with Crippen molar-refractivity contribution in [3.63, 3.8) is 0 Å². The normalized spacial score (nSPS) is 11.6. The second kappa shape index (κ2) is 7.47. The summed E-state index contributed by atoms with van der Waals surface area (Å²) in [5.74, 6) is 0. The summed E-state index contributed by atoms with van der Waals surface area (Å²) >= 11 is 0. The van der Waals surface area contributed by atoms with E-state index in [1.165, 1.54) is 71.6 Å². The molecule has 0 unspecified atom stereocenters. The molecule has 0 saturated carbocycles. The van der Waals surface area contributed by atoms with Crippen LogP contribution in [0.3, 0.4) is 0 Å². The summed E-state index contributed by atoms with van der Waals surface area (Å²) in [7, 11) is -0.499. The van der Waals surface area contributed by atoms with Crippen molar-refractivity contribution < 1.29 is 20.4 Å². The van der Waals surface area contributed by atoms with Gasteiger partial charge in [-0.2, -0.15) is 0 Å². The Morgan fingerprint density at radius 1 is 0.370 bits per heavy atom. The van der Waals surface area contributed by atoms with Crippen LogP contribution >= 0.6 is 0 Å². The van der Waals surface area contributed by atoms with Gasteiger partial charge in [0.25, 0.3) is 0 Å². The van der Waals surface area contributed by atoms with E-state index in [2.05, 4.69) is 75.4 Å². The molecule has 0 saturated heterocycles. The summed E-state index contributed by atoms with van der Waals surface area (Å²) in [5, 5.41) is 7.64. The third-order valence-electron chi connectivity index (χ3n) is 7.00. The van der Waals surface area contributed by atoms with Crippen LogP contribution in [-0.4, -0.2) is 8.80 Å².